The summed E-state index contributed by atoms with van der Waals surface area (Å²) in [5, 5.41) is 15.9. The molecule has 0 fully saturated rings. The van der Waals surface area contributed by atoms with Crippen LogP contribution in [0.3, 0.4) is 0 Å². The van der Waals surface area contributed by atoms with Crippen molar-refractivity contribution in [1.29, 1.82) is 0 Å². The molecule has 0 saturated heterocycles. The lowest BCUT2D eigenvalue weighted by atomic mass is 10.1. The number of carbonyl (C=O) groups is 1. The molecule has 0 radical (unpaired) electrons. The minimum atomic E-state index is -0.537. The molecular weight excluding hydrogens is 360 g/mol. The Kier molecular flexibility index (Phi) is 4.92. The van der Waals surface area contributed by atoms with Crippen LogP contribution in [0.25, 0.3) is 0 Å². The summed E-state index contributed by atoms with van der Waals surface area (Å²) in [6, 6.07) is 5.99. The third-order valence-electron chi connectivity index (χ3n) is 2.74. The summed E-state index contributed by atoms with van der Waals surface area (Å²) in [6.07, 6.45) is 0. The second kappa shape index (κ2) is 6.68. The Morgan fingerprint density at radius 1 is 1.48 bits per heavy atom. The molecule has 2 rings (SSSR count). The van der Waals surface area contributed by atoms with Crippen molar-refractivity contribution >= 4 is 44.6 Å². The van der Waals surface area contributed by atoms with Crippen LogP contribution < -0.4 is 5.32 Å². The largest absolute Gasteiger partial charge is 0.465 e. The van der Waals surface area contributed by atoms with Crippen LogP contribution in [0, 0.1) is 10.1 Å². The van der Waals surface area contributed by atoms with Crippen molar-refractivity contribution in [1.82, 2.24) is 0 Å². The summed E-state index contributed by atoms with van der Waals surface area (Å²) < 4.78 is 5.56. The summed E-state index contributed by atoms with van der Waals surface area (Å²) in [4.78, 5) is 23.1. The van der Waals surface area contributed by atoms with E-state index in [1.165, 1.54) is 36.6 Å². The zero-order valence-electron chi connectivity index (χ0n) is 11.0. The molecule has 21 heavy (non-hydrogen) atoms. The zero-order chi connectivity index (χ0) is 15.4. The van der Waals surface area contributed by atoms with Crippen LogP contribution in [0.4, 0.5) is 11.4 Å². The summed E-state index contributed by atoms with van der Waals surface area (Å²) in [6.45, 7) is 0.420. The van der Waals surface area contributed by atoms with E-state index in [2.05, 4.69) is 26.0 Å². The highest BCUT2D eigenvalue weighted by Crippen LogP contribution is 2.28. The molecule has 0 bridgehead atoms. The van der Waals surface area contributed by atoms with E-state index in [0.717, 1.165) is 9.35 Å². The summed E-state index contributed by atoms with van der Waals surface area (Å²) in [7, 11) is 1.26. The Morgan fingerprint density at radius 2 is 2.24 bits per heavy atom. The van der Waals surface area contributed by atoms with Gasteiger partial charge in [0, 0.05) is 15.4 Å². The number of thiophene rings is 1. The highest BCUT2D eigenvalue weighted by molar-refractivity contribution is 9.10. The van der Waals surface area contributed by atoms with Gasteiger partial charge in [0.1, 0.15) is 5.69 Å². The SMILES string of the molecule is COC(=O)c1ccc([N+](=O)[O-])c(NCc2sccc2Br)c1. The Morgan fingerprint density at radius 3 is 2.81 bits per heavy atom. The molecule has 1 N–H and O–H groups in total. The van der Waals surface area contributed by atoms with Gasteiger partial charge in [0.2, 0.25) is 0 Å². The van der Waals surface area contributed by atoms with Crippen LogP contribution in [-0.2, 0) is 11.3 Å². The first-order chi connectivity index (χ1) is 10.0. The van der Waals surface area contributed by atoms with E-state index >= 15 is 0 Å². The van der Waals surface area contributed by atoms with Crippen molar-refractivity contribution in [3.8, 4) is 0 Å². The smallest absolute Gasteiger partial charge is 0.337 e. The molecule has 8 heteroatoms. The third-order valence-corrected chi connectivity index (χ3v) is 4.67. The average molecular weight is 371 g/mol. The van der Waals surface area contributed by atoms with Gasteiger partial charge in [-0.3, -0.25) is 10.1 Å². The van der Waals surface area contributed by atoms with Gasteiger partial charge >= 0.3 is 5.97 Å². The van der Waals surface area contributed by atoms with Gasteiger partial charge in [0.25, 0.3) is 5.69 Å². The van der Waals surface area contributed by atoms with Crippen molar-refractivity contribution < 1.29 is 14.5 Å². The number of carbonyl (C=O) groups excluding carboxylic acids is 1. The van der Waals surface area contributed by atoms with Crippen molar-refractivity contribution in [2.24, 2.45) is 0 Å². The summed E-state index contributed by atoms with van der Waals surface area (Å²) in [5.41, 5.74) is 0.453. The van der Waals surface area contributed by atoms with Crippen molar-refractivity contribution in [3.63, 3.8) is 0 Å². The predicted octanol–water partition coefficient (Wildman–Crippen LogP) is 3.82. The van der Waals surface area contributed by atoms with Crippen molar-refractivity contribution in [2.75, 3.05) is 12.4 Å². The van der Waals surface area contributed by atoms with Crippen LogP contribution in [0.15, 0.2) is 34.1 Å². The number of ether oxygens (including phenoxy) is 1. The van der Waals surface area contributed by atoms with Gasteiger partial charge in [0.05, 0.1) is 24.1 Å². The molecule has 6 nitrogen and oxygen atoms in total. The number of esters is 1. The molecule has 0 atom stereocenters. The molecule has 0 saturated carbocycles. The number of rotatable bonds is 5. The molecule has 0 spiro atoms. The second-order valence-corrected chi connectivity index (χ2v) is 5.88. The summed E-state index contributed by atoms with van der Waals surface area (Å²) >= 11 is 4.93. The minimum absolute atomic E-state index is 0.0877. The average Bonchev–Trinajstić information content (AvgIpc) is 2.89. The van der Waals surface area contributed by atoms with E-state index in [1.54, 1.807) is 0 Å². The second-order valence-electron chi connectivity index (χ2n) is 4.03. The molecule has 110 valence electrons. The monoisotopic (exact) mass is 370 g/mol. The Balaban J connectivity index is 2.28. The van der Waals surface area contributed by atoms with E-state index in [1.807, 2.05) is 11.4 Å². The van der Waals surface area contributed by atoms with Gasteiger partial charge in [-0.2, -0.15) is 0 Å². The Bertz CT molecular complexity index is 687. The molecule has 1 aromatic heterocycles. The predicted molar refractivity (Wildman–Crippen MR) is 83.8 cm³/mol. The standard InChI is InChI=1S/C13H11BrN2O4S/c1-20-13(17)8-2-3-11(16(18)19)10(6-8)15-7-12-9(14)4-5-21-12/h2-6,15H,7H2,1H3. The molecule has 0 aliphatic heterocycles. The zero-order valence-corrected chi connectivity index (χ0v) is 13.4. The highest BCUT2D eigenvalue weighted by atomic mass is 79.9. The van der Waals surface area contributed by atoms with E-state index in [4.69, 9.17) is 0 Å². The first kappa shape index (κ1) is 15.5. The lowest BCUT2D eigenvalue weighted by Crippen LogP contribution is -2.06. The van der Waals surface area contributed by atoms with Crippen molar-refractivity contribution in [3.05, 3.63) is 54.7 Å². The fraction of sp³-hybridized carbons (Fsp3) is 0.154. The number of nitrogens with zero attached hydrogens (tertiary/aromatic N) is 1. The van der Waals surface area contributed by atoms with Crippen molar-refractivity contribution in [2.45, 2.75) is 6.54 Å². The lowest BCUT2D eigenvalue weighted by Gasteiger charge is -2.08. The number of anilines is 1. The maximum absolute atomic E-state index is 11.5. The lowest BCUT2D eigenvalue weighted by molar-refractivity contribution is -0.384. The number of halogens is 1. The maximum atomic E-state index is 11.5. The van der Waals surface area contributed by atoms with Gasteiger partial charge < -0.3 is 10.1 Å². The van der Waals surface area contributed by atoms with Gasteiger partial charge in [-0.15, -0.1) is 11.3 Å². The number of methoxy groups -OCH3 is 1. The third kappa shape index (κ3) is 3.59. The first-order valence-electron chi connectivity index (χ1n) is 5.85. The van der Waals surface area contributed by atoms with Gasteiger partial charge in [-0.05, 0) is 39.5 Å². The van der Waals surface area contributed by atoms with Gasteiger partial charge in [-0.25, -0.2) is 4.79 Å². The van der Waals surface area contributed by atoms with Crippen LogP contribution in [0.2, 0.25) is 0 Å². The molecule has 2 aromatic rings. The van der Waals surface area contributed by atoms with E-state index in [-0.39, 0.29) is 16.9 Å². The van der Waals surface area contributed by atoms with Crippen LogP contribution in [-0.4, -0.2) is 18.0 Å². The van der Waals surface area contributed by atoms with Crippen LogP contribution >= 0.6 is 27.3 Å². The van der Waals surface area contributed by atoms with E-state index < -0.39 is 10.9 Å². The topological polar surface area (TPSA) is 81.5 Å². The Hall–Kier alpha value is -1.93. The highest BCUT2D eigenvalue weighted by Gasteiger charge is 2.17. The van der Waals surface area contributed by atoms with E-state index in [0.29, 0.717) is 6.54 Å². The molecule has 1 heterocycles. The maximum Gasteiger partial charge on any atom is 0.337 e. The molecule has 0 amide bonds. The number of benzene rings is 1. The van der Waals surface area contributed by atoms with Gasteiger partial charge in [-0.1, -0.05) is 0 Å². The summed E-state index contributed by atoms with van der Waals surface area (Å²) in [5.74, 6) is -0.537. The fourth-order valence-electron chi connectivity index (χ4n) is 1.71. The normalized spacial score (nSPS) is 10.2. The Labute approximate surface area is 133 Å². The molecule has 0 unspecified atom stereocenters. The molecule has 1 aromatic carbocycles. The van der Waals surface area contributed by atoms with Crippen LogP contribution in [0.1, 0.15) is 15.2 Å². The number of hydrogen-bond donors (Lipinski definition) is 1. The number of nitro benzene ring substituents is 1. The molecule has 0 aliphatic rings. The fourth-order valence-corrected chi connectivity index (χ4v) is 3.14. The quantitative estimate of drug-likeness (QED) is 0.491. The minimum Gasteiger partial charge on any atom is -0.465 e. The van der Waals surface area contributed by atoms with Gasteiger partial charge in [0.15, 0.2) is 0 Å². The number of hydrogen-bond acceptors (Lipinski definition) is 6. The number of nitro groups is 1. The first-order valence-corrected chi connectivity index (χ1v) is 7.52. The van der Waals surface area contributed by atoms with E-state index in [9.17, 15) is 14.9 Å². The number of nitrogens with one attached hydrogen (secondary N) is 1. The molecular formula is C13H11BrN2O4S. The molecule has 0 aliphatic carbocycles. The van der Waals surface area contributed by atoms with Crippen LogP contribution in [0.5, 0.6) is 0 Å².